The topological polar surface area (TPSA) is 37.3 Å². The number of carboxylic acids is 1. The molecule has 1 N–H and O–H groups in total. The molecule has 0 aromatic carbocycles. The van der Waals surface area contributed by atoms with Gasteiger partial charge < -0.3 is 5.11 Å². The van der Waals surface area contributed by atoms with Crippen LogP contribution in [0.1, 0.15) is 52.9 Å². The van der Waals surface area contributed by atoms with Gasteiger partial charge in [-0.3, -0.25) is 4.79 Å². The minimum Gasteiger partial charge on any atom is -0.481 e. The zero-order chi connectivity index (χ0) is 10.1. The lowest BCUT2D eigenvalue weighted by molar-refractivity contribution is -0.143. The Morgan fingerprint density at radius 2 is 1.77 bits per heavy atom. The van der Waals surface area contributed by atoms with E-state index in [1.807, 2.05) is 0 Å². The largest absolute Gasteiger partial charge is 0.481 e. The Bertz CT molecular complexity index is 208. The van der Waals surface area contributed by atoms with Crippen molar-refractivity contribution in [1.29, 1.82) is 0 Å². The molecule has 0 spiro atoms. The zero-order valence-electron chi connectivity index (χ0n) is 8.89. The van der Waals surface area contributed by atoms with E-state index in [-0.39, 0.29) is 10.8 Å². The summed E-state index contributed by atoms with van der Waals surface area (Å²) >= 11 is 0. The molecule has 1 aliphatic rings. The molecule has 0 heterocycles. The van der Waals surface area contributed by atoms with Crippen LogP contribution in [-0.4, -0.2) is 11.1 Å². The highest BCUT2D eigenvalue weighted by molar-refractivity contribution is 5.67. The van der Waals surface area contributed by atoms with Crippen molar-refractivity contribution in [2.75, 3.05) is 0 Å². The summed E-state index contributed by atoms with van der Waals surface area (Å²) in [5.74, 6) is -0.655. The molecule has 0 saturated heterocycles. The van der Waals surface area contributed by atoms with E-state index in [1.165, 1.54) is 12.8 Å². The molecule has 1 atom stereocenters. The fourth-order valence-corrected chi connectivity index (χ4v) is 2.38. The van der Waals surface area contributed by atoms with E-state index in [2.05, 4.69) is 20.8 Å². The van der Waals surface area contributed by atoms with Crippen molar-refractivity contribution in [2.45, 2.75) is 52.9 Å². The van der Waals surface area contributed by atoms with Crippen LogP contribution in [0.15, 0.2) is 0 Å². The molecule has 76 valence electrons. The molecular formula is C11H20O2. The van der Waals surface area contributed by atoms with Gasteiger partial charge in [-0.15, -0.1) is 0 Å². The normalized spacial score (nSPS) is 32.8. The fraction of sp³-hybridized carbons (Fsp3) is 0.909. The van der Waals surface area contributed by atoms with Crippen LogP contribution >= 0.6 is 0 Å². The Balaban J connectivity index is 2.77. The second-order valence-corrected chi connectivity index (χ2v) is 5.22. The van der Waals surface area contributed by atoms with Crippen molar-refractivity contribution >= 4 is 5.97 Å². The highest BCUT2D eigenvalue weighted by atomic mass is 16.4. The van der Waals surface area contributed by atoms with Crippen LogP contribution in [0.2, 0.25) is 0 Å². The lowest BCUT2D eigenvalue weighted by Crippen LogP contribution is -2.39. The molecule has 13 heavy (non-hydrogen) atoms. The highest BCUT2D eigenvalue weighted by Gasteiger charge is 2.43. The highest BCUT2D eigenvalue weighted by Crippen LogP contribution is 2.52. The maximum absolute atomic E-state index is 10.8. The van der Waals surface area contributed by atoms with Crippen LogP contribution in [0.3, 0.4) is 0 Å². The molecule has 0 aromatic heterocycles. The lowest BCUT2D eigenvalue weighted by Gasteiger charge is -2.47. The van der Waals surface area contributed by atoms with Gasteiger partial charge in [-0.05, 0) is 23.7 Å². The van der Waals surface area contributed by atoms with Crippen LogP contribution < -0.4 is 0 Å². The number of aliphatic carboxylic acids is 1. The molecule has 1 unspecified atom stereocenters. The van der Waals surface area contributed by atoms with E-state index >= 15 is 0 Å². The predicted octanol–water partition coefficient (Wildman–Crippen LogP) is 3.07. The second kappa shape index (κ2) is 3.32. The average Bonchev–Trinajstić information content (AvgIpc) is 1.94. The monoisotopic (exact) mass is 184 g/mol. The molecule has 0 amide bonds. The Morgan fingerprint density at radius 1 is 1.23 bits per heavy atom. The van der Waals surface area contributed by atoms with Gasteiger partial charge in [0.25, 0.3) is 0 Å². The van der Waals surface area contributed by atoms with E-state index in [1.54, 1.807) is 0 Å². The molecule has 0 bridgehead atoms. The zero-order valence-corrected chi connectivity index (χ0v) is 8.89. The molecule has 2 nitrogen and oxygen atoms in total. The SMILES string of the molecule is CC1(C)CCCCC1(C)CC(=O)O. The number of hydrogen-bond donors (Lipinski definition) is 1. The molecule has 1 aliphatic carbocycles. The third-order valence-electron chi connectivity index (χ3n) is 3.96. The van der Waals surface area contributed by atoms with Crippen molar-refractivity contribution < 1.29 is 9.90 Å². The third-order valence-corrected chi connectivity index (χ3v) is 3.96. The van der Waals surface area contributed by atoms with Crippen molar-refractivity contribution in [3.8, 4) is 0 Å². The Labute approximate surface area is 80.3 Å². The summed E-state index contributed by atoms with van der Waals surface area (Å²) in [6.07, 6.45) is 4.98. The van der Waals surface area contributed by atoms with Gasteiger partial charge >= 0.3 is 5.97 Å². The number of hydrogen-bond acceptors (Lipinski definition) is 1. The first-order chi connectivity index (χ1) is 5.87. The quantitative estimate of drug-likeness (QED) is 0.716. The van der Waals surface area contributed by atoms with Crippen molar-refractivity contribution in [3.05, 3.63) is 0 Å². The summed E-state index contributed by atoms with van der Waals surface area (Å²) in [5, 5.41) is 8.86. The number of carbonyl (C=O) groups is 1. The molecule has 0 radical (unpaired) electrons. The first-order valence-corrected chi connectivity index (χ1v) is 5.09. The average molecular weight is 184 g/mol. The van der Waals surface area contributed by atoms with Crippen LogP contribution in [0.25, 0.3) is 0 Å². The standard InChI is InChI=1S/C11H20O2/c1-10(2)6-4-5-7-11(10,3)8-9(12)13/h4-8H2,1-3H3,(H,12,13). The first-order valence-electron chi connectivity index (χ1n) is 5.09. The fourth-order valence-electron chi connectivity index (χ4n) is 2.38. The maximum Gasteiger partial charge on any atom is 0.303 e. The van der Waals surface area contributed by atoms with Gasteiger partial charge in [-0.1, -0.05) is 33.6 Å². The smallest absolute Gasteiger partial charge is 0.303 e. The molecule has 0 aliphatic heterocycles. The molecule has 1 saturated carbocycles. The predicted molar refractivity (Wildman–Crippen MR) is 52.6 cm³/mol. The minimum atomic E-state index is -0.655. The van der Waals surface area contributed by atoms with Gasteiger partial charge in [-0.25, -0.2) is 0 Å². The van der Waals surface area contributed by atoms with E-state index < -0.39 is 5.97 Å². The minimum absolute atomic E-state index is 0.00289. The van der Waals surface area contributed by atoms with Crippen molar-refractivity contribution in [2.24, 2.45) is 10.8 Å². The van der Waals surface area contributed by atoms with Gasteiger partial charge in [0.15, 0.2) is 0 Å². The van der Waals surface area contributed by atoms with Crippen LogP contribution in [0.4, 0.5) is 0 Å². The summed E-state index contributed by atoms with van der Waals surface area (Å²) in [6.45, 7) is 6.53. The number of rotatable bonds is 2. The summed E-state index contributed by atoms with van der Waals surface area (Å²) in [7, 11) is 0. The van der Waals surface area contributed by atoms with Crippen molar-refractivity contribution in [3.63, 3.8) is 0 Å². The summed E-state index contributed by atoms with van der Waals surface area (Å²) in [5.41, 5.74) is 0.181. The van der Waals surface area contributed by atoms with Crippen LogP contribution in [0, 0.1) is 10.8 Å². The molecule has 1 fully saturated rings. The molecule has 0 aromatic rings. The summed E-state index contributed by atoms with van der Waals surface area (Å²) in [4.78, 5) is 10.8. The maximum atomic E-state index is 10.8. The first kappa shape index (κ1) is 10.6. The molecule has 1 rings (SSSR count). The Morgan fingerprint density at radius 3 is 2.23 bits per heavy atom. The van der Waals surface area contributed by atoms with E-state index in [0.29, 0.717) is 6.42 Å². The van der Waals surface area contributed by atoms with Gasteiger partial charge in [0, 0.05) is 0 Å². The van der Waals surface area contributed by atoms with Gasteiger partial charge in [-0.2, -0.15) is 0 Å². The summed E-state index contributed by atoms with van der Waals surface area (Å²) in [6, 6.07) is 0. The Kier molecular flexibility index (Phi) is 2.69. The van der Waals surface area contributed by atoms with Crippen molar-refractivity contribution in [1.82, 2.24) is 0 Å². The van der Waals surface area contributed by atoms with E-state index in [0.717, 1.165) is 12.8 Å². The van der Waals surface area contributed by atoms with E-state index in [4.69, 9.17) is 5.11 Å². The number of carboxylic acid groups (broad SMARTS) is 1. The van der Waals surface area contributed by atoms with Crippen LogP contribution in [-0.2, 0) is 4.79 Å². The lowest BCUT2D eigenvalue weighted by atomic mass is 9.57. The summed E-state index contributed by atoms with van der Waals surface area (Å²) < 4.78 is 0. The Hall–Kier alpha value is -0.530. The van der Waals surface area contributed by atoms with Gasteiger partial charge in [0.1, 0.15) is 0 Å². The second-order valence-electron chi connectivity index (χ2n) is 5.22. The van der Waals surface area contributed by atoms with E-state index in [9.17, 15) is 4.79 Å². The molecule has 2 heteroatoms. The van der Waals surface area contributed by atoms with Gasteiger partial charge in [0.2, 0.25) is 0 Å². The third kappa shape index (κ3) is 2.04. The van der Waals surface area contributed by atoms with Crippen LogP contribution in [0.5, 0.6) is 0 Å². The van der Waals surface area contributed by atoms with Gasteiger partial charge in [0.05, 0.1) is 6.42 Å². The molecular weight excluding hydrogens is 164 g/mol.